The van der Waals surface area contributed by atoms with Crippen LogP contribution in [0.25, 0.3) is 0 Å². The van der Waals surface area contributed by atoms with Crippen LogP contribution >= 0.6 is 0 Å². The van der Waals surface area contributed by atoms with Crippen LogP contribution in [0.2, 0.25) is 0 Å². The lowest BCUT2D eigenvalue weighted by atomic mass is 10.0. The summed E-state index contributed by atoms with van der Waals surface area (Å²) < 4.78 is 37.9. The average molecular weight is 414 g/mol. The van der Waals surface area contributed by atoms with E-state index in [4.69, 9.17) is 5.84 Å². The fourth-order valence-corrected chi connectivity index (χ4v) is 2.41. The number of halogens is 3. The summed E-state index contributed by atoms with van der Waals surface area (Å²) in [4.78, 5) is 24.9. The van der Waals surface area contributed by atoms with Crippen molar-refractivity contribution >= 4 is 17.6 Å². The predicted molar refractivity (Wildman–Crippen MR) is 95.8 cm³/mol. The number of rotatable bonds is 7. The van der Waals surface area contributed by atoms with E-state index in [2.05, 4.69) is 31.3 Å². The first-order valence-electron chi connectivity index (χ1n) is 8.60. The molecule has 0 spiro atoms. The molecule has 0 aliphatic heterocycles. The minimum atomic E-state index is -4.48. The second-order valence-corrected chi connectivity index (χ2v) is 6.60. The van der Waals surface area contributed by atoms with Crippen LogP contribution < -0.4 is 16.5 Å². The number of nitrogens with zero attached hydrogens (tertiary/aromatic N) is 4. The van der Waals surface area contributed by atoms with Crippen molar-refractivity contribution < 1.29 is 22.8 Å². The van der Waals surface area contributed by atoms with Gasteiger partial charge in [0.15, 0.2) is 5.82 Å². The van der Waals surface area contributed by atoms with Crippen LogP contribution in [-0.4, -0.2) is 43.6 Å². The standard InChI is InChI=1S/C16H21F3N8O2/c1-9(2)7-12(14(28)21-8-13-23-25-26-24-13)27(20)15(29)22-11-5-3-10(4-6-11)16(17,18)19/h3-6,9,12H,7-8,20H2,1-2H3,(H,21,28)(H,22,29)(H,23,24,25,26)/t12-/m0/s1. The number of aromatic amines is 1. The van der Waals surface area contributed by atoms with Gasteiger partial charge in [-0.05, 0) is 36.6 Å². The predicted octanol–water partition coefficient (Wildman–Crippen LogP) is 1.66. The number of nitrogens with one attached hydrogen (secondary N) is 3. The van der Waals surface area contributed by atoms with Crippen molar-refractivity contribution in [2.24, 2.45) is 11.8 Å². The molecule has 0 saturated heterocycles. The number of hydrogen-bond acceptors (Lipinski definition) is 6. The van der Waals surface area contributed by atoms with E-state index >= 15 is 0 Å². The zero-order valence-corrected chi connectivity index (χ0v) is 15.7. The van der Waals surface area contributed by atoms with Crippen molar-refractivity contribution in [2.75, 3.05) is 5.32 Å². The number of hydrogen-bond donors (Lipinski definition) is 4. The van der Waals surface area contributed by atoms with Gasteiger partial charge < -0.3 is 10.6 Å². The van der Waals surface area contributed by atoms with E-state index in [1.54, 1.807) is 0 Å². The third-order valence-electron chi connectivity index (χ3n) is 3.84. The first-order valence-corrected chi connectivity index (χ1v) is 8.60. The van der Waals surface area contributed by atoms with Gasteiger partial charge in [-0.3, -0.25) is 4.79 Å². The Morgan fingerprint density at radius 2 is 1.90 bits per heavy atom. The maximum atomic E-state index is 12.6. The van der Waals surface area contributed by atoms with E-state index in [1.807, 2.05) is 13.8 Å². The molecule has 0 fully saturated rings. The van der Waals surface area contributed by atoms with Crippen molar-refractivity contribution in [3.8, 4) is 0 Å². The van der Waals surface area contributed by atoms with Crippen LogP contribution in [0.1, 0.15) is 31.7 Å². The van der Waals surface area contributed by atoms with E-state index in [-0.39, 0.29) is 30.4 Å². The summed E-state index contributed by atoms with van der Waals surface area (Å²) in [7, 11) is 0. The molecule has 2 aromatic rings. The number of benzene rings is 1. The first-order chi connectivity index (χ1) is 13.6. The molecule has 2 rings (SSSR count). The van der Waals surface area contributed by atoms with Gasteiger partial charge in [0.1, 0.15) is 6.04 Å². The number of urea groups is 1. The number of anilines is 1. The number of aromatic nitrogens is 4. The van der Waals surface area contributed by atoms with Gasteiger partial charge in [0, 0.05) is 5.69 Å². The van der Waals surface area contributed by atoms with Crippen LogP contribution in [0.3, 0.4) is 0 Å². The Kier molecular flexibility index (Phi) is 7.09. The number of nitrogens with two attached hydrogens (primary N) is 1. The second-order valence-electron chi connectivity index (χ2n) is 6.60. The normalized spacial score (nSPS) is 12.5. The molecule has 0 saturated carbocycles. The average Bonchev–Trinajstić information content (AvgIpc) is 3.16. The van der Waals surface area contributed by atoms with Crippen molar-refractivity contribution in [1.29, 1.82) is 0 Å². The van der Waals surface area contributed by atoms with Gasteiger partial charge in [-0.2, -0.15) is 18.4 Å². The molecular weight excluding hydrogens is 393 g/mol. The molecule has 29 heavy (non-hydrogen) atoms. The lowest BCUT2D eigenvalue weighted by Crippen LogP contribution is -2.55. The van der Waals surface area contributed by atoms with Gasteiger partial charge in [0.25, 0.3) is 0 Å². The largest absolute Gasteiger partial charge is 0.416 e. The molecule has 10 nitrogen and oxygen atoms in total. The minimum Gasteiger partial charge on any atom is -0.347 e. The Balaban J connectivity index is 2.03. The third kappa shape index (κ3) is 6.41. The molecule has 5 N–H and O–H groups in total. The Morgan fingerprint density at radius 1 is 1.24 bits per heavy atom. The second kappa shape index (κ2) is 9.32. The molecule has 1 aromatic heterocycles. The van der Waals surface area contributed by atoms with E-state index in [9.17, 15) is 22.8 Å². The molecule has 3 amide bonds. The number of tetrazole rings is 1. The SMILES string of the molecule is CC(C)C[C@@H](C(=O)NCc1nn[nH]n1)N(N)C(=O)Nc1ccc(C(F)(F)F)cc1. The lowest BCUT2D eigenvalue weighted by Gasteiger charge is -2.28. The maximum absolute atomic E-state index is 12.6. The Hall–Kier alpha value is -3.22. The topological polar surface area (TPSA) is 142 Å². The summed E-state index contributed by atoms with van der Waals surface area (Å²) in [6.07, 6.45) is -4.23. The summed E-state index contributed by atoms with van der Waals surface area (Å²) >= 11 is 0. The molecule has 13 heteroatoms. The lowest BCUT2D eigenvalue weighted by molar-refractivity contribution is -0.137. The van der Waals surface area contributed by atoms with E-state index in [0.29, 0.717) is 5.01 Å². The fraction of sp³-hybridized carbons (Fsp3) is 0.438. The molecule has 1 aromatic carbocycles. The molecule has 1 heterocycles. The summed E-state index contributed by atoms with van der Waals surface area (Å²) in [5, 5.41) is 18.7. The van der Waals surface area contributed by atoms with Crippen molar-refractivity contribution in [2.45, 2.75) is 39.0 Å². The van der Waals surface area contributed by atoms with Crippen LogP contribution in [0.5, 0.6) is 0 Å². The first kappa shape index (κ1) is 22.1. The van der Waals surface area contributed by atoms with Gasteiger partial charge in [-0.15, -0.1) is 10.2 Å². The Labute approximate surface area is 164 Å². The molecule has 0 unspecified atom stereocenters. The van der Waals surface area contributed by atoms with Gasteiger partial charge in [-0.25, -0.2) is 15.6 Å². The monoisotopic (exact) mass is 414 g/mol. The Bertz CT molecular complexity index is 809. The van der Waals surface area contributed by atoms with E-state index < -0.39 is 29.7 Å². The number of alkyl halides is 3. The van der Waals surface area contributed by atoms with Gasteiger partial charge in [-0.1, -0.05) is 19.1 Å². The number of amides is 3. The Morgan fingerprint density at radius 3 is 2.41 bits per heavy atom. The quantitative estimate of drug-likeness (QED) is 0.308. The van der Waals surface area contributed by atoms with Gasteiger partial charge in [0.05, 0.1) is 12.1 Å². The number of hydrazine groups is 1. The maximum Gasteiger partial charge on any atom is 0.416 e. The highest BCUT2D eigenvalue weighted by molar-refractivity contribution is 5.93. The highest BCUT2D eigenvalue weighted by atomic mass is 19.4. The number of carbonyl (C=O) groups excluding carboxylic acids is 2. The van der Waals surface area contributed by atoms with Crippen molar-refractivity contribution in [3.05, 3.63) is 35.7 Å². The molecule has 1 atom stereocenters. The summed E-state index contributed by atoms with van der Waals surface area (Å²) in [6.45, 7) is 3.68. The minimum absolute atomic E-state index is 0.0156. The zero-order chi connectivity index (χ0) is 21.6. The van der Waals surface area contributed by atoms with Crippen molar-refractivity contribution in [3.63, 3.8) is 0 Å². The van der Waals surface area contributed by atoms with Crippen LogP contribution in [0.15, 0.2) is 24.3 Å². The summed E-state index contributed by atoms with van der Waals surface area (Å²) in [6, 6.07) is 2.01. The van der Waals surface area contributed by atoms with E-state index in [1.165, 1.54) is 0 Å². The fourth-order valence-electron chi connectivity index (χ4n) is 2.41. The molecule has 0 bridgehead atoms. The van der Waals surface area contributed by atoms with E-state index in [0.717, 1.165) is 24.3 Å². The number of H-pyrrole nitrogens is 1. The number of carbonyl (C=O) groups is 2. The molecule has 0 radical (unpaired) electrons. The molecule has 0 aliphatic rings. The third-order valence-corrected chi connectivity index (χ3v) is 3.84. The highest BCUT2D eigenvalue weighted by Gasteiger charge is 2.31. The van der Waals surface area contributed by atoms with Crippen molar-refractivity contribution in [1.82, 2.24) is 30.9 Å². The van der Waals surface area contributed by atoms with Crippen LogP contribution in [0, 0.1) is 5.92 Å². The van der Waals surface area contributed by atoms with Crippen LogP contribution in [-0.2, 0) is 17.5 Å². The zero-order valence-electron chi connectivity index (χ0n) is 15.7. The van der Waals surface area contributed by atoms with Crippen LogP contribution in [0.4, 0.5) is 23.7 Å². The van der Waals surface area contributed by atoms with Gasteiger partial charge >= 0.3 is 12.2 Å². The summed E-state index contributed by atoms with van der Waals surface area (Å²) in [5.74, 6) is 5.58. The smallest absolute Gasteiger partial charge is 0.347 e. The summed E-state index contributed by atoms with van der Waals surface area (Å²) in [5.41, 5.74) is -0.743. The van der Waals surface area contributed by atoms with Gasteiger partial charge in [0.2, 0.25) is 5.91 Å². The highest BCUT2D eigenvalue weighted by Crippen LogP contribution is 2.29. The molecule has 0 aliphatic carbocycles. The molecule has 158 valence electrons. The molecular formula is C16H21F3N8O2.